The van der Waals surface area contributed by atoms with Crippen molar-refractivity contribution in [3.05, 3.63) is 47.0 Å². The Bertz CT molecular complexity index is 782. The number of imidazole rings is 1. The molecule has 0 saturated heterocycles. The van der Waals surface area contributed by atoms with Crippen molar-refractivity contribution in [2.75, 3.05) is 5.32 Å². The number of H-pyrrole nitrogens is 1. The first-order chi connectivity index (χ1) is 9.83. The van der Waals surface area contributed by atoms with E-state index < -0.39 is 0 Å². The van der Waals surface area contributed by atoms with E-state index in [1.165, 1.54) is 17.5 Å². The van der Waals surface area contributed by atoms with Crippen LogP contribution >= 0.6 is 11.6 Å². The van der Waals surface area contributed by atoms with Crippen LogP contribution < -0.4 is 5.32 Å². The lowest BCUT2D eigenvalue weighted by atomic mass is 10.1. The number of nitrogens with zero attached hydrogens (tertiary/aromatic N) is 3. The van der Waals surface area contributed by atoms with Gasteiger partial charge in [0.15, 0.2) is 11.5 Å². The van der Waals surface area contributed by atoms with Crippen LogP contribution in [-0.2, 0) is 6.42 Å². The first-order valence-electron chi connectivity index (χ1n) is 6.51. The van der Waals surface area contributed by atoms with E-state index in [1.54, 1.807) is 6.33 Å². The Morgan fingerprint density at radius 3 is 3.15 bits per heavy atom. The minimum absolute atomic E-state index is 0.227. The maximum Gasteiger partial charge on any atom is 0.182 e. The molecule has 0 fully saturated rings. The average molecular weight is 286 g/mol. The highest BCUT2D eigenvalue weighted by Crippen LogP contribution is 2.37. The predicted molar refractivity (Wildman–Crippen MR) is 77.8 cm³/mol. The van der Waals surface area contributed by atoms with Crippen molar-refractivity contribution >= 4 is 28.6 Å². The first-order valence-corrected chi connectivity index (χ1v) is 6.88. The van der Waals surface area contributed by atoms with E-state index in [9.17, 15) is 0 Å². The number of hydrogen-bond acceptors (Lipinski definition) is 4. The zero-order valence-corrected chi connectivity index (χ0v) is 11.4. The van der Waals surface area contributed by atoms with Crippen LogP contribution in [-0.4, -0.2) is 19.9 Å². The first kappa shape index (κ1) is 11.7. The molecule has 20 heavy (non-hydrogen) atoms. The van der Waals surface area contributed by atoms with Gasteiger partial charge in [-0.1, -0.05) is 23.7 Å². The van der Waals surface area contributed by atoms with E-state index >= 15 is 0 Å². The smallest absolute Gasteiger partial charge is 0.182 e. The van der Waals surface area contributed by atoms with Crippen molar-refractivity contribution in [3.8, 4) is 0 Å². The Morgan fingerprint density at radius 1 is 1.25 bits per heavy atom. The summed E-state index contributed by atoms with van der Waals surface area (Å²) in [5, 5.41) is 4.32. The minimum atomic E-state index is 0.227. The number of aromatic nitrogens is 4. The Hall–Kier alpha value is -2.14. The highest BCUT2D eigenvalue weighted by Gasteiger charge is 2.25. The van der Waals surface area contributed by atoms with Crippen molar-refractivity contribution < 1.29 is 0 Å². The summed E-state index contributed by atoms with van der Waals surface area (Å²) in [6, 6.07) is 6.29. The van der Waals surface area contributed by atoms with E-state index in [4.69, 9.17) is 11.6 Å². The van der Waals surface area contributed by atoms with Gasteiger partial charge in [0.25, 0.3) is 0 Å². The van der Waals surface area contributed by atoms with Crippen LogP contribution in [0.15, 0.2) is 30.9 Å². The molecule has 0 bridgehead atoms. The topological polar surface area (TPSA) is 66.5 Å². The molecule has 1 aromatic carbocycles. The molecule has 0 radical (unpaired) electrons. The molecule has 2 aromatic heterocycles. The highest BCUT2D eigenvalue weighted by molar-refractivity contribution is 6.31. The molecule has 100 valence electrons. The second-order valence-electron chi connectivity index (χ2n) is 4.87. The summed E-state index contributed by atoms with van der Waals surface area (Å²) in [5.41, 5.74) is 4.00. The fraction of sp³-hybridized carbons (Fsp3) is 0.214. The lowest BCUT2D eigenvalue weighted by Crippen LogP contribution is -2.09. The molecule has 1 aliphatic rings. The van der Waals surface area contributed by atoms with Crippen LogP contribution in [0, 0.1) is 0 Å². The van der Waals surface area contributed by atoms with Gasteiger partial charge in [-0.25, -0.2) is 15.0 Å². The van der Waals surface area contributed by atoms with Crippen molar-refractivity contribution in [2.45, 2.75) is 18.9 Å². The fourth-order valence-electron chi connectivity index (χ4n) is 2.80. The van der Waals surface area contributed by atoms with E-state index in [-0.39, 0.29) is 6.04 Å². The van der Waals surface area contributed by atoms with Gasteiger partial charge in [0, 0.05) is 5.02 Å². The van der Waals surface area contributed by atoms with E-state index in [2.05, 4.69) is 31.3 Å². The molecule has 2 N–H and O–H groups in total. The van der Waals surface area contributed by atoms with Gasteiger partial charge < -0.3 is 10.3 Å². The molecule has 0 spiro atoms. The standard InChI is InChI=1S/C14H12ClN5/c15-10-3-1-2-9-8(10)4-5-11(9)20-14-12-13(17-6-16-12)18-7-19-14/h1-3,6-7,11H,4-5H2,(H2,16,17,18,19,20). The van der Waals surface area contributed by atoms with Gasteiger partial charge >= 0.3 is 0 Å². The van der Waals surface area contributed by atoms with Gasteiger partial charge in [-0.15, -0.1) is 0 Å². The maximum atomic E-state index is 6.25. The molecule has 3 aromatic rings. The van der Waals surface area contributed by atoms with Crippen molar-refractivity contribution in [1.29, 1.82) is 0 Å². The number of benzene rings is 1. The molecule has 1 aliphatic carbocycles. The quantitative estimate of drug-likeness (QED) is 0.759. The average Bonchev–Trinajstić information content (AvgIpc) is 3.07. The number of nitrogens with one attached hydrogen (secondary N) is 2. The number of aromatic amines is 1. The summed E-state index contributed by atoms with van der Waals surface area (Å²) >= 11 is 6.25. The molecular weight excluding hydrogens is 274 g/mol. The summed E-state index contributed by atoms with van der Waals surface area (Å²) in [4.78, 5) is 15.6. The van der Waals surface area contributed by atoms with Gasteiger partial charge in [-0.3, -0.25) is 0 Å². The third kappa shape index (κ3) is 1.74. The Morgan fingerprint density at radius 2 is 2.20 bits per heavy atom. The molecule has 1 unspecified atom stereocenters. The monoisotopic (exact) mass is 285 g/mol. The van der Waals surface area contributed by atoms with Gasteiger partial charge in [-0.05, 0) is 30.0 Å². The highest BCUT2D eigenvalue weighted by atomic mass is 35.5. The zero-order chi connectivity index (χ0) is 13.5. The molecule has 2 heterocycles. The van der Waals surface area contributed by atoms with E-state index in [1.807, 2.05) is 12.1 Å². The molecule has 4 rings (SSSR count). The SMILES string of the molecule is Clc1cccc2c1CCC2Nc1ncnc2nc[nH]c12. The van der Waals surface area contributed by atoms with Gasteiger partial charge in [0.05, 0.1) is 12.4 Å². The zero-order valence-electron chi connectivity index (χ0n) is 10.6. The van der Waals surface area contributed by atoms with Crippen LogP contribution in [0.1, 0.15) is 23.6 Å². The third-order valence-electron chi connectivity index (χ3n) is 3.75. The molecule has 0 aliphatic heterocycles. The third-order valence-corrected chi connectivity index (χ3v) is 4.10. The van der Waals surface area contributed by atoms with Crippen LogP contribution in [0.25, 0.3) is 11.2 Å². The summed E-state index contributed by atoms with van der Waals surface area (Å²) in [6.07, 6.45) is 5.16. The normalized spacial score (nSPS) is 17.4. The van der Waals surface area contributed by atoms with Crippen LogP contribution in [0.4, 0.5) is 5.82 Å². The molecule has 0 saturated carbocycles. The second-order valence-corrected chi connectivity index (χ2v) is 5.27. The summed E-state index contributed by atoms with van der Waals surface area (Å²) in [6.45, 7) is 0. The van der Waals surface area contributed by atoms with Crippen LogP contribution in [0.3, 0.4) is 0 Å². The molecule has 0 amide bonds. The largest absolute Gasteiger partial charge is 0.361 e. The Balaban J connectivity index is 1.72. The summed E-state index contributed by atoms with van der Waals surface area (Å²) < 4.78 is 0. The lowest BCUT2D eigenvalue weighted by Gasteiger charge is -2.15. The van der Waals surface area contributed by atoms with Gasteiger partial charge in [0.1, 0.15) is 11.8 Å². The number of hydrogen-bond donors (Lipinski definition) is 2. The summed E-state index contributed by atoms with van der Waals surface area (Å²) in [5.74, 6) is 0.783. The van der Waals surface area contributed by atoms with Crippen molar-refractivity contribution in [1.82, 2.24) is 19.9 Å². The number of anilines is 1. The van der Waals surface area contributed by atoms with Crippen molar-refractivity contribution in [3.63, 3.8) is 0 Å². The van der Waals surface area contributed by atoms with Gasteiger partial charge in [0.2, 0.25) is 0 Å². The molecule has 1 atom stereocenters. The predicted octanol–water partition coefficient (Wildman–Crippen LogP) is 3.11. The van der Waals surface area contributed by atoms with Crippen LogP contribution in [0.2, 0.25) is 5.02 Å². The van der Waals surface area contributed by atoms with Crippen molar-refractivity contribution in [2.24, 2.45) is 0 Å². The van der Waals surface area contributed by atoms with Crippen LogP contribution in [0.5, 0.6) is 0 Å². The minimum Gasteiger partial charge on any atom is -0.361 e. The molecule has 6 heteroatoms. The summed E-state index contributed by atoms with van der Waals surface area (Å²) in [7, 11) is 0. The van der Waals surface area contributed by atoms with E-state index in [0.29, 0.717) is 5.65 Å². The fourth-order valence-corrected chi connectivity index (χ4v) is 3.08. The Labute approximate surface area is 120 Å². The number of fused-ring (bicyclic) bond motifs is 2. The maximum absolute atomic E-state index is 6.25. The molecule has 5 nitrogen and oxygen atoms in total. The Kier molecular flexibility index (Phi) is 2.60. The second kappa shape index (κ2) is 4.45. The number of halogens is 1. The molecular formula is C14H12ClN5. The van der Waals surface area contributed by atoms with Gasteiger partial charge in [-0.2, -0.15) is 0 Å². The van der Waals surface area contributed by atoms with E-state index in [0.717, 1.165) is 29.2 Å². The lowest BCUT2D eigenvalue weighted by molar-refractivity contribution is 0.758. The number of rotatable bonds is 2.